The van der Waals surface area contributed by atoms with Crippen LogP contribution < -0.4 is 5.32 Å². The van der Waals surface area contributed by atoms with Gasteiger partial charge in [-0.25, -0.2) is 0 Å². The highest BCUT2D eigenvalue weighted by Gasteiger charge is 2.06. The minimum atomic E-state index is 0.831. The number of aryl methyl sites for hydroxylation is 2. The molecule has 0 unspecified atom stereocenters. The van der Waals surface area contributed by atoms with Crippen LogP contribution in [0.15, 0.2) is 77.7 Å². The van der Waals surface area contributed by atoms with Crippen molar-refractivity contribution in [3.8, 4) is 11.3 Å². The summed E-state index contributed by atoms with van der Waals surface area (Å²) in [4.78, 5) is 5.93. The molecule has 0 aliphatic carbocycles. The number of aromatic nitrogens is 3. The topological polar surface area (TPSA) is 53.6 Å². The van der Waals surface area contributed by atoms with E-state index in [4.69, 9.17) is 0 Å². The van der Waals surface area contributed by atoms with E-state index in [1.807, 2.05) is 37.3 Å². The highest BCUT2D eigenvalue weighted by Crippen LogP contribution is 2.26. The van der Waals surface area contributed by atoms with Gasteiger partial charge in [0.25, 0.3) is 0 Å². The zero-order valence-corrected chi connectivity index (χ0v) is 16.8. The van der Waals surface area contributed by atoms with E-state index in [0.29, 0.717) is 0 Å². The Morgan fingerprint density at radius 2 is 1.71 bits per heavy atom. The summed E-state index contributed by atoms with van der Waals surface area (Å²) in [6.45, 7) is 4.13. The van der Waals surface area contributed by atoms with Crippen molar-refractivity contribution in [2.45, 2.75) is 24.5 Å². The van der Waals surface area contributed by atoms with Crippen molar-refractivity contribution in [2.75, 3.05) is 5.32 Å². The molecule has 28 heavy (non-hydrogen) atoms. The van der Waals surface area contributed by atoms with Crippen LogP contribution in [0.1, 0.15) is 17.0 Å². The summed E-state index contributed by atoms with van der Waals surface area (Å²) < 4.78 is 0. The number of benzene rings is 2. The van der Waals surface area contributed by atoms with E-state index in [0.717, 1.165) is 39.9 Å². The lowest BCUT2D eigenvalue weighted by Crippen LogP contribution is -1.96. The number of hydrogen-bond acceptors (Lipinski definition) is 4. The van der Waals surface area contributed by atoms with Gasteiger partial charge in [0.1, 0.15) is 5.82 Å². The Hall–Kier alpha value is -3.05. The summed E-state index contributed by atoms with van der Waals surface area (Å²) in [6.07, 6.45) is 0. The molecule has 4 aromatic rings. The Morgan fingerprint density at radius 3 is 2.50 bits per heavy atom. The quantitative estimate of drug-likeness (QED) is 0.392. The molecule has 0 atom stereocenters. The van der Waals surface area contributed by atoms with E-state index in [2.05, 4.69) is 69.9 Å². The average Bonchev–Trinajstić information content (AvgIpc) is 3.16. The fraction of sp³-hybridized carbons (Fsp3) is 0.130. The Kier molecular flexibility index (Phi) is 5.44. The van der Waals surface area contributed by atoms with Gasteiger partial charge < -0.3 is 5.32 Å². The molecule has 2 aromatic heterocycles. The summed E-state index contributed by atoms with van der Waals surface area (Å²) in [7, 11) is 0. The van der Waals surface area contributed by atoms with Gasteiger partial charge in [-0.1, -0.05) is 48.0 Å². The number of rotatable bonds is 6. The molecule has 0 saturated heterocycles. The number of hydrogen-bond donors (Lipinski definition) is 2. The van der Waals surface area contributed by atoms with Crippen LogP contribution in [0, 0.1) is 13.8 Å². The van der Waals surface area contributed by atoms with Crippen molar-refractivity contribution in [1.29, 1.82) is 0 Å². The van der Waals surface area contributed by atoms with Gasteiger partial charge >= 0.3 is 0 Å². The number of anilines is 2. The highest BCUT2D eigenvalue weighted by molar-refractivity contribution is 7.98. The van der Waals surface area contributed by atoms with Crippen LogP contribution in [-0.2, 0) is 5.75 Å². The van der Waals surface area contributed by atoms with Gasteiger partial charge in [0, 0.05) is 33.7 Å². The second-order valence-electron chi connectivity index (χ2n) is 6.75. The summed E-state index contributed by atoms with van der Waals surface area (Å²) in [6, 6.07) is 24.9. The van der Waals surface area contributed by atoms with Crippen LogP contribution in [0.4, 0.5) is 11.5 Å². The molecular weight excluding hydrogens is 364 g/mol. The van der Waals surface area contributed by atoms with Gasteiger partial charge in [-0.3, -0.25) is 10.1 Å². The van der Waals surface area contributed by atoms with E-state index >= 15 is 0 Å². The highest BCUT2D eigenvalue weighted by atomic mass is 32.2. The zero-order chi connectivity index (χ0) is 19.3. The SMILES string of the molecule is Cc1ccc(SCc2cc(Nc3cc(-c4ccccc4)n[nH]3)cc(C)n2)cc1. The summed E-state index contributed by atoms with van der Waals surface area (Å²) in [5, 5.41) is 10.9. The normalized spacial score (nSPS) is 10.8. The average molecular weight is 387 g/mol. The third-order valence-corrected chi connectivity index (χ3v) is 5.39. The van der Waals surface area contributed by atoms with Crippen LogP contribution in [0.2, 0.25) is 0 Å². The molecule has 0 amide bonds. The predicted octanol–water partition coefficient (Wildman–Crippen LogP) is 6.12. The second kappa shape index (κ2) is 8.31. The van der Waals surface area contributed by atoms with Crippen LogP contribution in [0.25, 0.3) is 11.3 Å². The van der Waals surface area contributed by atoms with Gasteiger partial charge in [-0.2, -0.15) is 5.10 Å². The molecule has 2 aromatic carbocycles. The first kappa shape index (κ1) is 18.3. The van der Waals surface area contributed by atoms with Gasteiger partial charge in [0.2, 0.25) is 0 Å². The van der Waals surface area contributed by atoms with Gasteiger partial charge in [0.05, 0.1) is 11.4 Å². The van der Waals surface area contributed by atoms with Crippen molar-refractivity contribution < 1.29 is 0 Å². The molecule has 0 saturated carbocycles. The number of nitrogens with one attached hydrogen (secondary N) is 2. The number of nitrogens with zero attached hydrogens (tertiary/aromatic N) is 2. The van der Waals surface area contributed by atoms with Crippen LogP contribution in [0.5, 0.6) is 0 Å². The Labute approximate surface area is 169 Å². The molecule has 140 valence electrons. The third kappa shape index (κ3) is 4.61. The van der Waals surface area contributed by atoms with Crippen molar-refractivity contribution >= 4 is 23.3 Å². The number of pyridine rings is 1. The van der Waals surface area contributed by atoms with Crippen LogP contribution >= 0.6 is 11.8 Å². The molecule has 0 bridgehead atoms. The Bertz CT molecular complexity index is 1060. The predicted molar refractivity (Wildman–Crippen MR) is 117 cm³/mol. The first-order valence-corrected chi connectivity index (χ1v) is 10.2. The summed E-state index contributed by atoms with van der Waals surface area (Å²) >= 11 is 1.80. The van der Waals surface area contributed by atoms with Crippen molar-refractivity contribution in [3.63, 3.8) is 0 Å². The molecule has 2 N–H and O–H groups in total. The molecular formula is C23H22N4S. The minimum absolute atomic E-state index is 0.831. The standard InChI is InChI=1S/C23H22N4S/c1-16-8-10-21(11-9-16)28-15-20-13-19(12-17(2)24-20)25-23-14-22(26-27-23)18-6-4-3-5-7-18/h3-14H,15H2,1-2H3,(H2,24,25,26,27). The smallest absolute Gasteiger partial charge is 0.126 e. The Morgan fingerprint density at radius 1 is 0.929 bits per heavy atom. The van der Waals surface area contributed by atoms with E-state index < -0.39 is 0 Å². The van der Waals surface area contributed by atoms with E-state index in [1.54, 1.807) is 11.8 Å². The molecule has 0 aliphatic rings. The first-order chi connectivity index (χ1) is 13.7. The van der Waals surface area contributed by atoms with E-state index in [1.165, 1.54) is 10.5 Å². The monoisotopic (exact) mass is 386 g/mol. The lowest BCUT2D eigenvalue weighted by Gasteiger charge is -2.08. The zero-order valence-electron chi connectivity index (χ0n) is 15.9. The Balaban J connectivity index is 1.46. The maximum absolute atomic E-state index is 4.67. The molecule has 0 fully saturated rings. The minimum Gasteiger partial charge on any atom is -0.340 e. The molecule has 4 rings (SSSR count). The molecule has 5 heteroatoms. The molecule has 0 aliphatic heterocycles. The number of H-pyrrole nitrogens is 1. The maximum atomic E-state index is 4.67. The van der Waals surface area contributed by atoms with Crippen LogP contribution in [-0.4, -0.2) is 15.2 Å². The number of thioether (sulfide) groups is 1. The lowest BCUT2D eigenvalue weighted by atomic mass is 10.1. The first-order valence-electron chi connectivity index (χ1n) is 9.20. The fourth-order valence-corrected chi connectivity index (χ4v) is 3.76. The largest absolute Gasteiger partial charge is 0.340 e. The third-order valence-electron chi connectivity index (χ3n) is 4.34. The second-order valence-corrected chi connectivity index (χ2v) is 7.80. The summed E-state index contributed by atoms with van der Waals surface area (Å²) in [5.74, 6) is 1.69. The lowest BCUT2D eigenvalue weighted by molar-refractivity contribution is 1.09. The molecule has 4 nitrogen and oxygen atoms in total. The van der Waals surface area contributed by atoms with E-state index in [9.17, 15) is 0 Å². The fourth-order valence-electron chi connectivity index (χ4n) is 2.97. The summed E-state index contributed by atoms with van der Waals surface area (Å²) in [5.41, 5.74) is 6.34. The maximum Gasteiger partial charge on any atom is 0.126 e. The van der Waals surface area contributed by atoms with Crippen LogP contribution in [0.3, 0.4) is 0 Å². The van der Waals surface area contributed by atoms with Gasteiger partial charge in [-0.15, -0.1) is 11.8 Å². The molecule has 2 heterocycles. The molecule has 0 radical (unpaired) electrons. The van der Waals surface area contributed by atoms with E-state index in [-0.39, 0.29) is 0 Å². The van der Waals surface area contributed by atoms with Gasteiger partial charge in [-0.05, 0) is 38.1 Å². The van der Waals surface area contributed by atoms with Crippen molar-refractivity contribution in [1.82, 2.24) is 15.2 Å². The molecule has 0 spiro atoms. The van der Waals surface area contributed by atoms with Crippen molar-refractivity contribution in [3.05, 3.63) is 89.7 Å². The van der Waals surface area contributed by atoms with Gasteiger partial charge in [0.15, 0.2) is 0 Å². The number of aromatic amines is 1. The van der Waals surface area contributed by atoms with Crippen molar-refractivity contribution in [2.24, 2.45) is 0 Å².